The van der Waals surface area contributed by atoms with Gasteiger partial charge >= 0.3 is 0 Å². The first-order chi connectivity index (χ1) is 38.9. The molecule has 7 aromatic carbocycles. The van der Waals surface area contributed by atoms with Crippen molar-refractivity contribution in [2.75, 3.05) is 14.7 Å². The molecule has 0 atom stereocenters. The number of anilines is 9. The predicted octanol–water partition coefficient (Wildman–Crippen LogP) is 20.5. The Labute approximate surface area is 503 Å². The number of fused-ring (bicyclic) bond motifs is 10. The van der Waals surface area contributed by atoms with Crippen molar-refractivity contribution in [3.8, 4) is 0 Å². The van der Waals surface area contributed by atoms with Gasteiger partial charge in [0.2, 0.25) is 0 Å². The summed E-state index contributed by atoms with van der Waals surface area (Å²) >= 11 is 2.09. The van der Waals surface area contributed by atoms with E-state index in [1.165, 1.54) is 165 Å². The molecule has 0 unspecified atom stereocenters. The lowest BCUT2D eigenvalue weighted by Gasteiger charge is -2.48. The first-order valence-corrected chi connectivity index (χ1v) is 32.5. The van der Waals surface area contributed by atoms with Gasteiger partial charge < -0.3 is 14.7 Å². The average molecular weight is 1110 g/mol. The average Bonchev–Trinajstić information content (AvgIpc) is 1.75. The molecule has 0 fully saturated rings. The fourth-order valence-electron chi connectivity index (χ4n) is 16.7. The second kappa shape index (κ2) is 17.8. The van der Waals surface area contributed by atoms with Crippen LogP contribution in [0.2, 0.25) is 0 Å². The highest BCUT2D eigenvalue weighted by Crippen LogP contribution is 2.58. The van der Waals surface area contributed by atoms with E-state index in [4.69, 9.17) is 0 Å². The second-order valence-corrected chi connectivity index (χ2v) is 33.2. The van der Waals surface area contributed by atoms with Gasteiger partial charge in [0.1, 0.15) is 0 Å². The Hall–Kier alpha value is -6.04. The molecular formula is C78H90BN3S. The highest BCUT2D eigenvalue weighted by Gasteiger charge is 2.50. The molecule has 0 spiro atoms. The summed E-state index contributed by atoms with van der Waals surface area (Å²) in [6, 6.07) is 49.6. The summed E-state index contributed by atoms with van der Waals surface area (Å²) in [7, 11) is 0. The number of nitrogens with zero attached hydrogens (tertiary/aromatic N) is 3. The number of hydrogen-bond acceptors (Lipinski definition) is 4. The van der Waals surface area contributed by atoms with Crippen molar-refractivity contribution >= 4 is 95.0 Å². The third-order valence-corrected chi connectivity index (χ3v) is 24.0. The van der Waals surface area contributed by atoms with Crippen LogP contribution in [0.1, 0.15) is 218 Å². The Kier molecular flexibility index (Phi) is 11.8. The first-order valence-electron chi connectivity index (χ1n) is 31.7. The molecule has 0 saturated carbocycles. The van der Waals surface area contributed by atoms with Crippen LogP contribution in [0.3, 0.4) is 0 Å². The Balaban J connectivity index is 1.18. The number of rotatable bonds is 5. The largest absolute Gasteiger partial charge is 0.311 e. The monoisotopic (exact) mass is 1110 g/mol. The minimum atomic E-state index is -0.0143. The maximum Gasteiger partial charge on any atom is 0.264 e. The lowest BCUT2D eigenvalue weighted by Crippen LogP contribution is -2.61. The molecular weight excluding hydrogens is 1020 g/mol. The molecule has 0 bridgehead atoms. The predicted molar refractivity (Wildman–Crippen MR) is 361 cm³/mol. The standard InChI is InChI=1S/C78H90BN3S/c1-47-23-19-21-25-62(47)81(63-26-22-20-24-48(63)2)51-41-65-68-66(42-51)82(50-28-30-54-56(40-50)74(9,10)34-32-72(54,5)6)69-52-43-57-60(78(17,18)38-35-75(57,11)12)46-67(52)83-70(69)79(68)61-44-58-59(77(15,16)37-36-76(58,13)14)45-64(61)80(65)49-27-29-53-55(39-49)73(7,8)33-31-71(53,3)4/h19-30,39-46H,31-38H2,1-18H3. The van der Waals surface area contributed by atoms with Crippen LogP contribution >= 0.6 is 11.3 Å². The van der Waals surface area contributed by atoms with Gasteiger partial charge in [-0.3, -0.25) is 0 Å². The molecule has 0 amide bonds. The molecule has 14 rings (SSSR count). The lowest BCUT2D eigenvalue weighted by molar-refractivity contribution is 0.332. The van der Waals surface area contributed by atoms with Crippen molar-refractivity contribution in [2.24, 2.45) is 0 Å². The van der Waals surface area contributed by atoms with Crippen LogP contribution in [0.25, 0.3) is 10.1 Å². The first kappa shape index (κ1) is 54.9. The summed E-state index contributed by atoms with van der Waals surface area (Å²) in [5, 5.41) is 1.39. The number of benzene rings is 7. The maximum atomic E-state index is 2.80. The Morgan fingerprint density at radius 1 is 0.386 bits per heavy atom. The Bertz CT molecular complexity index is 4010. The molecule has 3 heterocycles. The zero-order valence-corrected chi connectivity index (χ0v) is 54.3. The van der Waals surface area contributed by atoms with E-state index >= 15 is 0 Å². The summed E-state index contributed by atoms with van der Waals surface area (Å²) in [5.74, 6) is 0. The second-order valence-electron chi connectivity index (χ2n) is 32.1. The molecule has 426 valence electrons. The molecule has 6 aliphatic rings. The van der Waals surface area contributed by atoms with Gasteiger partial charge in [-0.2, -0.15) is 0 Å². The van der Waals surface area contributed by atoms with E-state index in [2.05, 4.69) is 272 Å². The SMILES string of the molecule is Cc1ccccc1N(c1cc2c3c(c1)N(c1ccc4c(c1)C(C)(C)CCC4(C)C)c1c(sc4cc5c(cc14)C(C)(C)CCC5(C)C)B3c1cc3c(cc1N2c1ccc2c(c1)C(C)(C)CCC2(C)C)C(C)(C)CCC3(C)C)c1ccccc1C. The van der Waals surface area contributed by atoms with Crippen LogP contribution in [0, 0.1) is 13.8 Å². The van der Waals surface area contributed by atoms with Crippen molar-refractivity contribution in [3.63, 3.8) is 0 Å². The number of thiophene rings is 1. The summed E-state index contributed by atoms with van der Waals surface area (Å²) in [4.78, 5) is 8.18. The molecule has 8 aromatic rings. The van der Waals surface area contributed by atoms with Gasteiger partial charge in [0, 0.05) is 54.7 Å². The van der Waals surface area contributed by atoms with Gasteiger partial charge in [-0.05, 0) is 242 Å². The minimum Gasteiger partial charge on any atom is -0.311 e. The van der Waals surface area contributed by atoms with Crippen LogP contribution in [-0.4, -0.2) is 6.71 Å². The molecule has 0 saturated heterocycles. The van der Waals surface area contributed by atoms with Crippen LogP contribution in [-0.2, 0) is 43.3 Å². The molecule has 1 aromatic heterocycles. The molecule has 83 heavy (non-hydrogen) atoms. The highest BCUT2D eigenvalue weighted by molar-refractivity contribution is 7.33. The number of hydrogen-bond donors (Lipinski definition) is 0. The fourth-order valence-corrected chi connectivity index (χ4v) is 18.1. The smallest absolute Gasteiger partial charge is 0.264 e. The zero-order valence-electron chi connectivity index (χ0n) is 53.5. The summed E-state index contributed by atoms with van der Waals surface area (Å²) in [5.41, 5.74) is 29.1. The summed E-state index contributed by atoms with van der Waals surface area (Å²) < 4.78 is 2.87. The van der Waals surface area contributed by atoms with E-state index in [1.807, 2.05) is 0 Å². The van der Waals surface area contributed by atoms with Gasteiger partial charge in [-0.1, -0.05) is 165 Å². The van der Waals surface area contributed by atoms with Gasteiger partial charge in [0.05, 0.1) is 11.4 Å². The minimum absolute atomic E-state index is 0.00673. The molecule has 0 radical (unpaired) electrons. The highest BCUT2D eigenvalue weighted by atomic mass is 32.1. The number of para-hydroxylation sites is 2. The van der Waals surface area contributed by atoms with Crippen molar-refractivity contribution in [2.45, 2.75) is 219 Å². The van der Waals surface area contributed by atoms with E-state index in [-0.39, 0.29) is 50.0 Å². The van der Waals surface area contributed by atoms with Crippen LogP contribution in [0.4, 0.5) is 51.2 Å². The van der Waals surface area contributed by atoms with E-state index in [9.17, 15) is 0 Å². The van der Waals surface area contributed by atoms with E-state index in [0.29, 0.717) is 0 Å². The molecule has 4 aliphatic carbocycles. The summed E-state index contributed by atoms with van der Waals surface area (Å²) in [6.07, 6.45) is 9.37. The van der Waals surface area contributed by atoms with Gasteiger partial charge in [0.25, 0.3) is 6.71 Å². The summed E-state index contributed by atoms with van der Waals surface area (Å²) in [6.45, 7) is 44.6. The zero-order chi connectivity index (χ0) is 58.7. The van der Waals surface area contributed by atoms with E-state index in [0.717, 1.165) is 19.3 Å². The third kappa shape index (κ3) is 8.14. The normalized spacial score (nSPS) is 21.0. The van der Waals surface area contributed by atoms with E-state index in [1.54, 1.807) is 0 Å². The van der Waals surface area contributed by atoms with Crippen LogP contribution in [0.5, 0.6) is 0 Å². The lowest BCUT2D eigenvalue weighted by atomic mass is 9.35. The van der Waals surface area contributed by atoms with Crippen molar-refractivity contribution in [1.82, 2.24) is 0 Å². The van der Waals surface area contributed by atoms with Gasteiger partial charge in [0.15, 0.2) is 0 Å². The topological polar surface area (TPSA) is 9.72 Å². The van der Waals surface area contributed by atoms with Crippen LogP contribution in [0.15, 0.2) is 121 Å². The van der Waals surface area contributed by atoms with E-state index < -0.39 is 0 Å². The molecule has 3 nitrogen and oxygen atoms in total. The van der Waals surface area contributed by atoms with Crippen LogP contribution < -0.4 is 30.4 Å². The van der Waals surface area contributed by atoms with Crippen molar-refractivity contribution in [3.05, 3.63) is 177 Å². The Morgan fingerprint density at radius 3 is 1.24 bits per heavy atom. The number of aryl methyl sites for hydroxylation is 2. The Morgan fingerprint density at radius 2 is 0.771 bits per heavy atom. The molecule has 0 N–H and O–H groups in total. The third-order valence-electron chi connectivity index (χ3n) is 22.8. The maximum absolute atomic E-state index is 2.80. The molecule has 2 aliphatic heterocycles. The fraction of sp³-hybridized carbons (Fsp3) is 0.436. The van der Waals surface area contributed by atoms with Crippen molar-refractivity contribution < 1.29 is 0 Å². The van der Waals surface area contributed by atoms with Gasteiger partial charge in [-0.25, -0.2) is 0 Å². The van der Waals surface area contributed by atoms with Gasteiger partial charge in [-0.15, -0.1) is 11.3 Å². The van der Waals surface area contributed by atoms with Crippen molar-refractivity contribution in [1.29, 1.82) is 0 Å². The molecule has 5 heteroatoms. The quantitative estimate of drug-likeness (QED) is 0.159.